The van der Waals surface area contributed by atoms with Crippen molar-refractivity contribution in [1.29, 1.82) is 0 Å². The summed E-state index contributed by atoms with van der Waals surface area (Å²) in [6, 6.07) is 7.62. The molecule has 1 aliphatic rings. The van der Waals surface area contributed by atoms with Gasteiger partial charge in [-0.25, -0.2) is 4.79 Å². The van der Waals surface area contributed by atoms with Gasteiger partial charge in [-0.3, -0.25) is 4.90 Å². The van der Waals surface area contributed by atoms with E-state index >= 15 is 0 Å². The van der Waals surface area contributed by atoms with E-state index in [4.69, 9.17) is 0 Å². The van der Waals surface area contributed by atoms with Crippen molar-refractivity contribution < 1.29 is 9.90 Å². The number of carbonyl (C=O) groups is 1. The summed E-state index contributed by atoms with van der Waals surface area (Å²) >= 11 is 0. The van der Waals surface area contributed by atoms with E-state index in [1.807, 2.05) is 63.8 Å². The summed E-state index contributed by atoms with van der Waals surface area (Å²) in [4.78, 5) is 16.3. The monoisotopic (exact) mass is 290 g/mol. The molecule has 1 atom stereocenters. The number of aryl methyl sites for hydroxylation is 1. The van der Waals surface area contributed by atoms with Gasteiger partial charge in [0.05, 0.1) is 0 Å². The third kappa shape index (κ3) is 2.77. The van der Waals surface area contributed by atoms with Gasteiger partial charge >= 0.3 is 6.03 Å². The number of hydrogen-bond donors (Lipinski definition) is 1. The van der Waals surface area contributed by atoms with Crippen molar-refractivity contribution in [2.75, 3.05) is 4.90 Å². The Labute approximate surface area is 127 Å². The molecule has 1 fully saturated rings. The van der Waals surface area contributed by atoms with Gasteiger partial charge < -0.3 is 10.0 Å². The summed E-state index contributed by atoms with van der Waals surface area (Å²) in [6.45, 7) is 11.7. The Morgan fingerprint density at radius 2 is 1.67 bits per heavy atom. The minimum atomic E-state index is -1.19. The first kappa shape index (κ1) is 15.8. The van der Waals surface area contributed by atoms with Gasteiger partial charge in [-0.1, -0.05) is 17.7 Å². The molecule has 116 valence electrons. The molecule has 2 rings (SSSR count). The van der Waals surface area contributed by atoms with Gasteiger partial charge in [0, 0.05) is 23.7 Å². The first-order valence-electron chi connectivity index (χ1n) is 7.49. The van der Waals surface area contributed by atoms with Crippen LogP contribution in [0.2, 0.25) is 0 Å². The Kier molecular flexibility index (Phi) is 3.79. The molecule has 0 aromatic heterocycles. The Hall–Kier alpha value is -1.55. The standard InChI is InChI=1S/C17H26N2O2/c1-12(2)18-15(20)19(14-9-7-13(3)8-10-14)17(6,21)11-16(18,4)5/h7-10,12,21H,11H2,1-6H3. The zero-order valence-corrected chi connectivity index (χ0v) is 13.8. The fourth-order valence-corrected chi connectivity index (χ4v) is 3.56. The molecule has 1 N–H and O–H groups in total. The lowest BCUT2D eigenvalue weighted by atomic mass is 9.86. The minimum absolute atomic E-state index is 0.0801. The van der Waals surface area contributed by atoms with Crippen molar-refractivity contribution in [3.05, 3.63) is 29.8 Å². The highest BCUT2D eigenvalue weighted by Gasteiger charge is 2.51. The average molecular weight is 290 g/mol. The highest BCUT2D eigenvalue weighted by molar-refractivity contribution is 5.94. The van der Waals surface area contributed by atoms with Crippen LogP contribution in [0.25, 0.3) is 0 Å². The van der Waals surface area contributed by atoms with Crippen molar-refractivity contribution in [3.8, 4) is 0 Å². The van der Waals surface area contributed by atoms with Gasteiger partial charge in [-0.15, -0.1) is 0 Å². The molecule has 1 aromatic rings. The first-order chi connectivity index (χ1) is 9.56. The van der Waals surface area contributed by atoms with Crippen LogP contribution < -0.4 is 4.90 Å². The molecule has 4 heteroatoms. The summed E-state index contributed by atoms with van der Waals surface area (Å²) in [7, 11) is 0. The largest absolute Gasteiger partial charge is 0.371 e. The quantitative estimate of drug-likeness (QED) is 0.905. The van der Waals surface area contributed by atoms with Crippen LogP contribution in [0.4, 0.5) is 10.5 Å². The molecule has 0 saturated carbocycles. The molecule has 1 saturated heterocycles. The third-order valence-electron chi connectivity index (χ3n) is 4.11. The average Bonchev–Trinajstić information content (AvgIpc) is 2.27. The Balaban J connectivity index is 2.48. The van der Waals surface area contributed by atoms with Gasteiger partial charge in [-0.2, -0.15) is 0 Å². The Morgan fingerprint density at radius 1 is 1.14 bits per heavy atom. The maximum absolute atomic E-state index is 13.0. The summed E-state index contributed by atoms with van der Waals surface area (Å²) in [5, 5.41) is 10.8. The summed E-state index contributed by atoms with van der Waals surface area (Å²) in [6.07, 6.45) is 0.498. The number of benzene rings is 1. The van der Waals surface area contributed by atoms with Crippen molar-refractivity contribution in [2.45, 2.75) is 65.3 Å². The lowest BCUT2D eigenvalue weighted by Gasteiger charge is -2.55. The number of rotatable bonds is 2. The smallest absolute Gasteiger partial charge is 0.327 e. The zero-order valence-electron chi connectivity index (χ0n) is 13.8. The van der Waals surface area contributed by atoms with Gasteiger partial charge in [0.1, 0.15) is 5.72 Å². The van der Waals surface area contributed by atoms with Crippen molar-refractivity contribution in [1.82, 2.24) is 4.90 Å². The molecule has 1 aliphatic heterocycles. The molecule has 21 heavy (non-hydrogen) atoms. The predicted molar refractivity (Wildman–Crippen MR) is 85.3 cm³/mol. The number of anilines is 1. The lowest BCUT2D eigenvalue weighted by molar-refractivity contribution is -0.0335. The summed E-state index contributed by atoms with van der Waals surface area (Å²) in [5.74, 6) is 0. The van der Waals surface area contributed by atoms with Crippen LogP contribution in [-0.4, -0.2) is 33.3 Å². The number of aliphatic hydroxyl groups is 1. The fourth-order valence-electron chi connectivity index (χ4n) is 3.56. The molecule has 4 nitrogen and oxygen atoms in total. The zero-order chi connectivity index (χ0) is 16.0. The number of hydrogen-bond acceptors (Lipinski definition) is 2. The number of nitrogens with zero attached hydrogens (tertiary/aromatic N) is 2. The highest BCUT2D eigenvalue weighted by Crippen LogP contribution is 2.39. The van der Waals surface area contributed by atoms with E-state index in [0.717, 1.165) is 11.3 Å². The molecular formula is C17H26N2O2. The van der Waals surface area contributed by atoms with Crippen LogP contribution in [0.1, 0.15) is 46.6 Å². The first-order valence-corrected chi connectivity index (χ1v) is 7.49. The predicted octanol–water partition coefficient (Wildman–Crippen LogP) is 3.52. The minimum Gasteiger partial charge on any atom is -0.371 e. The molecule has 0 aliphatic carbocycles. The number of amides is 2. The molecule has 2 amide bonds. The van der Waals surface area contributed by atoms with E-state index in [9.17, 15) is 9.90 Å². The van der Waals surface area contributed by atoms with Crippen LogP contribution in [0, 0.1) is 6.92 Å². The van der Waals surface area contributed by atoms with E-state index in [0.29, 0.717) is 6.42 Å². The fraction of sp³-hybridized carbons (Fsp3) is 0.588. The molecule has 0 bridgehead atoms. The molecule has 0 spiro atoms. The maximum atomic E-state index is 13.0. The molecule has 1 unspecified atom stereocenters. The summed E-state index contributed by atoms with van der Waals surface area (Å²) < 4.78 is 0. The normalized spacial score (nSPS) is 25.6. The SMILES string of the molecule is Cc1ccc(N2C(=O)N(C(C)C)C(C)(C)CC2(C)O)cc1. The number of carbonyl (C=O) groups excluding carboxylic acids is 1. The highest BCUT2D eigenvalue weighted by atomic mass is 16.3. The second kappa shape index (κ2) is 5.02. The summed E-state index contributed by atoms with van der Waals surface area (Å²) in [5.41, 5.74) is 0.289. The number of urea groups is 1. The van der Waals surface area contributed by atoms with E-state index in [1.165, 1.54) is 4.90 Å². The van der Waals surface area contributed by atoms with Gasteiger partial charge in [-0.05, 0) is 53.7 Å². The second-order valence-electron chi connectivity index (χ2n) is 7.12. The van der Waals surface area contributed by atoms with Crippen molar-refractivity contribution in [3.63, 3.8) is 0 Å². The Morgan fingerprint density at radius 3 is 2.14 bits per heavy atom. The lowest BCUT2D eigenvalue weighted by Crippen LogP contribution is -2.69. The van der Waals surface area contributed by atoms with Crippen molar-refractivity contribution >= 4 is 11.7 Å². The second-order valence-corrected chi connectivity index (χ2v) is 7.12. The van der Waals surface area contributed by atoms with E-state index in [2.05, 4.69) is 0 Å². The van der Waals surface area contributed by atoms with Gasteiger partial charge in [0.25, 0.3) is 0 Å². The van der Waals surface area contributed by atoms with Crippen molar-refractivity contribution in [2.24, 2.45) is 0 Å². The van der Waals surface area contributed by atoms with Gasteiger partial charge in [0.15, 0.2) is 0 Å². The van der Waals surface area contributed by atoms with Crippen LogP contribution >= 0.6 is 0 Å². The third-order valence-corrected chi connectivity index (χ3v) is 4.11. The van der Waals surface area contributed by atoms with Gasteiger partial charge in [0.2, 0.25) is 0 Å². The molecule has 1 heterocycles. The maximum Gasteiger partial charge on any atom is 0.327 e. The van der Waals surface area contributed by atoms with E-state index in [1.54, 1.807) is 6.92 Å². The molecule has 1 aromatic carbocycles. The van der Waals surface area contributed by atoms with E-state index in [-0.39, 0.29) is 17.6 Å². The molecular weight excluding hydrogens is 264 g/mol. The van der Waals surface area contributed by atoms with Crippen LogP contribution in [0.3, 0.4) is 0 Å². The van der Waals surface area contributed by atoms with Crippen LogP contribution in [0.15, 0.2) is 24.3 Å². The van der Waals surface area contributed by atoms with Crippen LogP contribution in [0.5, 0.6) is 0 Å². The van der Waals surface area contributed by atoms with E-state index < -0.39 is 5.72 Å². The molecule has 0 radical (unpaired) electrons. The Bertz CT molecular complexity index is 532. The van der Waals surface area contributed by atoms with Crippen LogP contribution in [-0.2, 0) is 0 Å². The topological polar surface area (TPSA) is 43.8 Å².